The van der Waals surface area contributed by atoms with E-state index in [0.29, 0.717) is 24.3 Å². The van der Waals surface area contributed by atoms with Crippen molar-refractivity contribution in [2.24, 2.45) is 0 Å². The van der Waals surface area contributed by atoms with Crippen LogP contribution in [0.2, 0.25) is 0 Å². The summed E-state index contributed by atoms with van der Waals surface area (Å²) in [6.07, 6.45) is 0.877. The second-order valence-corrected chi connectivity index (χ2v) is 6.84. The Morgan fingerprint density at radius 3 is 2.65 bits per heavy atom. The Labute approximate surface area is 136 Å². The molecule has 6 nitrogen and oxygen atoms in total. The van der Waals surface area contributed by atoms with E-state index < -0.39 is 23.7 Å². The van der Waals surface area contributed by atoms with Gasteiger partial charge in [-0.2, -0.15) is 0 Å². The quantitative estimate of drug-likeness (QED) is 0.892. The Hall–Kier alpha value is -2.24. The van der Waals surface area contributed by atoms with Crippen molar-refractivity contribution in [3.05, 3.63) is 23.8 Å². The number of carbonyl (C=O) groups is 2. The van der Waals surface area contributed by atoms with E-state index in [2.05, 4.69) is 5.32 Å². The number of carboxylic acids is 1. The van der Waals surface area contributed by atoms with Crippen LogP contribution in [0.1, 0.15) is 39.2 Å². The third kappa shape index (κ3) is 4.37. The van der Waals surface area contributed by atoms with E-state index in [9.17, 15) is 14.7 Å². The minimum absolute atomic E-state index is 0.546. The zero-order valence-corrected chi connectivity index (χ0v) is 14.0. The standard InChI is InChI=1S/C17H24N2O4/c1-11-7-8-13(19-9-5-6-14(19)15(20)21)12(10-11)18-16(22)23-17(2,3)4/h7-8,10,14H,5-6,9H2,1-4H3,(H,18,22)(H,20,21)/t14-/m0/s1. The number of amides is 1. The Bertz CT molecular complexity index is 607. The molecule has 0 unspecified atom stereocenters. The number of nitrogens with one attached hydrogen (secondary N) is 1. The zero-order valence-electron chi connectivity index (χ0n) is 14.0. The van der Waals surface area contributed by atoms with Gasteiger partial charge in [-0.05, 0) is 58.2 Å². The van der Waals surface area contributed by atoms with Gasteiger partial charge in [0.2, 0.25) is 0 Å². The van der Waals surface area contributed by atoms with E-state index in [1.165, 1.54) is 0 Å². The average molecular weight is 320 g/mol. The maximum absolute atomic E-state index is 12.1. The van der Waals surface area contributed by atoms with Crippen molar-refractivity contribution >= 4 is 23.4 Å². The highest BCUT2D eigenvalue weighted by Crippen LogP contribution is 2.33. The molecule has 23 heavy (non-hydrogen) atoms. The number of hydrogen-bond acceptors (Lipinski definition) is 4. The first-order chi connectivity index (χ1) is 10.7. The van der Waals surface area contributed by atoms with Crippen LogP contribution >= 0.6 is 0 Å². The molecule has 1 heterocycles. The van der Waals surface area contributed by atoms with Crippen LogP contribution in [0.15, 0.2) is 18.2 Å². The monoisotopic (exact) mass is 320 g/mol. The molecule has 0 saturated carbocycles. The van der Waals surface area contributed by atoms with Gasteiger partial charge in [0.05, 0.1) is 11.4 Å². The van der Waals surface area contributed by atoms with E-state index in [-0.39, 0.29) is 0 Å². The Morgan fingerprint density at radius 1 is 1.35 bits per heavy atom. The lowest BCUT2D eigenvalue weighted by atomic mass is 10.1. The molecule has 1 saturated heterocycles. The fraction of sp³-hybridized carbons (Fsp3) is 0.529. The van der Waals surface area contributed by atoms with Gasteiger partial charge in [-0.3, -0.25) is 5.32 Å². The first-order valence-corrected chi connectivity index (χ1v) is 7.77. The second-order valence-electron chi connectivity index (χ2n) is 6.84. The van der Waals surface area contributed by atoms with Gasteiger partial charge in [0.1, 0.15) is 11.6 Å². The summed E-state index contributed by atoms with van der Waals surface area (Å²) in [5, 5.41) is 12.1. The fourth-order valence-corrected chi connectivity index (χ4v) is 2.73. The molecule has 1 aliphatic rings. The van der Waals surface area contributed by atoms with Gasteiger partial charge in [0.15, 0.2) is 0 Å². The van der Waals surface area contributed by atoms with E-state index in [4.69, 9.17) is 4.74 Å². The van der Waals surface area contributed by atoms with Crippen LogP contribution in [0.5, 0.6) is 0 Å². The number of anilines is 2. The molecule has 0 spiro atoms. The number of hydrogen-bond donors (Lipinski definition) is 2. The molecule has 0 aliphatic carbocycles. The summed E-state index contributed by atoms with van der Waals surface area (Å²) in [5.74, 6) is -0.841. The van der Waals surface area contributed by atoms with Gasteiger partial charge in [0.25, 0.3) is 0 Å². The van der Waals surface area contributed by atoms with E-state index >= 15 is 0 Å². The molecule has 6 heteroatoms. The number of rotatable bonds is 3. The van der Waals surface area contributed by atoms with Crippen LogP contribution in [0, 0.1) is 6.92 Å². The molecule has 0 aromatic heterocycles. The highest BCUT2D eigenvalue weighted by molar-refractivity contribution is 5.91. The molecule has 1 aromatic carbocycles. The molecule has 1 aliphatic heterocycles. The van der Waals surface area contributed by atoms with Crippen LogP contribution in [0.25, 0.3) is 0 Å². The van der Waals surface area contributed by atoms with E-state index in [0.717, 1.165) is 12.0 Å². The Morgan fingerprint density at radius 2 is 2.04 bits per heavy atom. The highest BCUT2D eigenvalue weighted by Gasteiger charge is 2.32. The molecule has 2 N–H and O–H groups in total. The van der Waals surface area contributed by atoms with Gasteiger partial charge < -0.3 is 14.7 Å². The third-order valence-corrected chi connectivity index (χ3v) is 3.63. The van der Waals surface area contributed by atoms with Crippen LogP contribution in [0.3, 0.4) is 0 Å². The second kappa shape index (κ2) is 6.48. The minimum Gasteiger partial charge on any atom is -0.480 e. The summed E-state index contributed by atoms with van der Waals surface area (Å²) >= 11 is 0. The van der Waals surface area contributed by atoms with Crippen LogP contribution in [0.4, 0.5) is 16.2 Å². The van der Waals surface area contributed by atoms with Crippen molar-refractivity contribution < 1.29 is 19.4 Å². The molecular weight excluding hydrogens is 296 g/mol. The lowest BCUT2D eigenvalue weighted by Crippen LogP contribution is -2.36. The third-order valence-electron chi connectivity index (χ3n) is 3.63. The predicted octanol–water partition coefficient (Wildman–Crippen LogP) is 3.40. The van der Waals surface area contributed by atoms with Gasteiger partial charge in [-0.15, -0.1) is 0 Å². The number of aryl methyl sites for hydroxylation is 1. The molecular formula is C17H24N2O4. The largest absolute Gasteiger partial charge is 0.480 e. The Kier molecular flexibility index (Phi) is 4.82. The molecule has 1 amide bonds. The van der Waals surface area contributed by atoms with Crippen molar-refractivity contribution in [3.8, 4) is 0 Å². The highest BCUT2D eigenvalue weighted by atomic mass is 16.6. The summed E-state index contributed by atoms with van der Waals surface area (Å²) in [6, 6.07) is 5.03. The minimum atomic E-state index is -0.841. The predicted molar refractivity (Wildman–Crippen MR) is 89.0 cm³/mol. The van der Waals surface area contributed by atoms with Crippen LogP contribution in [-0.2, 0) is 9.53 Å². The first-order valence-electron chi connectivity index (χ1n) is 7.77. The van der Waals surface area contributed by atoms with E-state index in [1.54, 1.807) is 20.8 Å². The lowest BCUT2D eigenvalue weighted by molar-refractivity contribution is -0.138. The van der Waals surface area contributed by atoms with Gasteiger partial charge in [0, 0.05) is 6.54 Å². The van der Waals surface area contributed by atoms with Crippen molar-refractivity contribution in [1.82, 2.24) is 0 Å². The van der Waals surface area contributed by atoms with Gasteiger partial charge in [-0.25, -0.2) is 9.59 Å². The summed E-state index contributed by atoms with van der Waals surface area (Å²) in [7, 11) is 0. The van der Waals surface area contributed by atoms with Crippen LogP contribution < -0.4 is 10.2 Å². The smallest absolute Gasteiger partial charge is 0.412 e. The number of carboxylic acid groups (broad SMARTS) is 1. The number of carbonyl (C=O) groups excluding carboxylic acids is 1. The summed E-state index contributed by atoms with van der Waals surface area (Å²) in [6.45, 7) is 7.96. The number of ether oxygens (including phenoxy) is 1. The molecule has 0 bridgehead atoms. The van der Waals surface area contributed by atoms with E-state index in [1.807, 2.05) is 30.0 Å². The van der Waals surface area contributed by atoms with Crippen molar-refractivity contribution in [2.45, 2.75) is 52.2 Å². The molecule has 1 fully saturated rings. The molecule has 1 aromatic rings. The van der Waals surface area contributed by atoms with Gasteiger partial charge >= 0.3 is 12.1 Å². The van der Waals surface area contributed by atoms with Gasteiger partial charge in [-0.1, -0.05) is 6.07 Å². The number of aliphatic carboxylic acids is 1. The molecule has 2 rings (SSSR count). The van der Waals surface area contributed by atoms with Crippen LogP contribution in [-0.4, -0.2) is 35.4 Å². The first kappa shape index (κ1) is 17.1. The summed E-state index contributed by atoms with van der Waals surface area (Å²) < 4.78 is 5.29. The number of nitrogens with zero attached hydrogens (tertiary/aromatic N) is 1. The molecule has 1 atom stereocenters. The maximum Gasteiger partial charge on any atom is 0.412 e. The average Bonchev–Trinajstić information content (AvgIpc) is 2.85. The Balaban J connectivity index is 2.27. The summed E-state index contributed by atoms with van der Waals surface area (Å²) in [5.41, 5.74) is 1.68. The maximum atomic E-state index is 12.1. The van der Waals surface area contributed by atoms with Crippen molar-refractivity contribution in [1.29, 1.82) is 0 Å². The molecule has 126 valence electrons. The topological polar surface area (TPSA) is 78.9 Å². The zero-order chi connectivity index (χ0) is 17.2. The fourth-order valence-electron chi connectivity index (χ4n) is 2.73. The lowest BCUT2D eigenvalue weighted by Gasteiger charge is -2.27. The SMILES string of the molecule is Cc1ccc(N2CCC[C@H]2C(=O)O)c(NC(=O)OC(C)(C)C)c1. The molecule has 0 radical (unpaired) electrons. The normalized spacial score (nSPS) is 17.9. The van der Waals surface area contributed by atoms with Crippen molar-refractivity contribution in [3.63, 3.8) is 0 Å². The summed E-state index contributed by atoms with van der Waals surface area (Å²) in [4.78, 5) is 25.3. The number of benzene rings is 1. The van der Waals surface area contributed by atoms with Crippen molar-refractivity contribution in [2.75, 3.05) is 16.8 Å².